The molecule has 0 bridgehead atoms. The summed E-state index contributed by atoms with van der Waals surface area (Å²) in [6.07, 6.45) is -3.93. The van der Waals surface area contributed by atoms with Crippen molar-refractivity contribution in [1.29, 1.82) is 0 Å². The first-order chi connectivity index (χ1) is 6.96. The first-order valence-electron chi connectivity index (χ1n) is 3.91. The van der Waals surface area contributed by atoms with E-state index in [9.17, 15) is 13.2 Å². The van der Waals surface area contributed by atoms with Crippen molar-refractivity contribution in [3.8, 4) is 0 Å². The Labute approximate surface area is 91.7 Å². The number of thiophene rings is 1. The van der Waals surface area contributed by atoms with Gasteiger partial charge in [-0.2, -0.15) is 13.2 Å². The Morgan fingerprint density at radius 1 is 1.33 bits per heavy atom. The van der Waals surface area contributed by atoms with Gasteiger partial charge in [0.25, 0.3) is 0 Å². The molecule has 0 fully saturated rings. The summed E-state index contributed by atoms with van der Waals surface area (Å²) in [5.74, 6) is 0. The normalized spacial score (nSPS) is 12.3. The van der Waals surface area contributed by atoms with Gasteiger partial charge in [-0.05, 0) is 6.07 Å². The van der Waals surface area contributed by atoms with Gasteiger partial charge in [0.15, 0.2) is 0 Å². The third kappa shape index (κ3) is 2.38. The summed E-state index contributed by atoms with van der Waals surface area (Å²) in [4.78, 5) is 7.74. The SMILES string of the molecule is FC(F)(F)Cc1cc2ncnc(Cl)c2s1. The summed E-state index contributed by atoms with van der Waals surface area (Å²) in [6, 6.07) is 1.39. The second kappa shape index (κ2) is 3.61. The second-order valence-electron chi connectivity index (χ2n) is 2.88. The first-order valence-corrected chi connectivity index (χ1v) is 5.11. The molecule has 2 aromatic rings. The van der Waals surface area contributed by atoms with Crippen LogP contribution in [0.4, 0.5) is 13.2 Å². The highest BCUT2D eigenvalue weighted by atomic mass is 35.5. The summed E-state index contributed by atoms with van der Waals surface area (Å²) in [5, 5.41) is 0.193. The molecule has 0 N–H and O–H groups in total. The van der Waals surface area contributed by atoms with E-state index in [-0.39, 0.29) is 10.0 Å². The van der Waals surface area contributed by atoms with E-state index in [4.69, 9.17) is 11.6 Å². The van der Waals surface area contributed by atoms with Crippen LogP contribution in [0, 0.1) is 0 Å². The molecular formula is C8H4ClF3N2S. The van der Waals surface area contributed by atoms with Gasteiger partial charge in [-0.25, -0.2) is 9.97 Å². The molecule has 2 aromatic heterocycles. The largest absolute Gasteiger partial charge is 0.393 e. The number of hydrogen-bond donors (Lipinski definition) is 0. The lowest BCUT2D eigenvalue weighted by atomic mass is 10.3. The number of nitrogens with zero attached hydrogens (tertiary/aromatic N) is 2. The van der Waals surface area contributed by atoms with Gasteiger partial charge in [0.1, 0.15) is 11.5 Å². The zero-order valence-electron chi connectivity index (χ0n) is 7.18. The quantitative estimate of drug-likeness (QED) is 0.727. The van der Waals surface area contributed by atoms with Crippen LogP contribution in [-0.4, -0.2) is 16.1 Å². The minimum Gasteiger partial charge on any atom is -0.235 e. The average Bonchev–Trinajstić information content (AvgIpc) is 2.45. The maximum Gasteiger partial charge on any atom is 0.393 e. The molecule has 80 valence electrons. The van der Waals surface area contributed by atoms with Crippen molar-refractivity contribution >= 4 is 33.2 Å². The maximum absolute atomic E-state index is 12.1. The van der Waals surface area contributed by atoms with Gasteiger partial charge in [-0.1, -0.05) is 11.6 Å². The van der Waals surface area contributed by atoms with Crippen LogP contribution in [0.5, 0.6) is 0 Å². The van der Waals surface area contributed by atoms with Crippen molar-refractivity contribution in [3.05, 3.63) is 22.4 Å². The summed E-state index contributed by atoms with van der Waals surface area (Å²) in [7, 11) is 0. The first kappa shape index (κ1) is 10.6. The van der Waals surface area contributed by atoms with Crippen LogP contribution in [0.2, 0.25) is 5.15 Å². The molecule has 0 unspecified atom stereocenters. The molecule has 0 spiro atoms. The molecule has 2 heterocycles. The fourth-order valence-corrected chi connectivity index (χ4v) is 2.44. The van der Waals surface area contributed by atoms with E-state index in [2.05, 4.69) is 9.97 Å². The Morgan fingerprint density at radius 3 is 2.67 bits per heavy atom. The van der Waals surface area contributed by atoms with E-state index in [1.807, 2.05) is 0 Å². The number of alkyl halides is 3. The number of fused-ring (bicyclic) bond motifs is 1. The molecule has 2 rings (SSSR count). The number of aromatic nitrogens is 2. The number of hydrogen-bond acceptors (Lipinski definition) is 3. The molecule has 0 atom stereocenters. The standard InChI is InChI=1S/C8H4ClF3N2S/c9-7-6-5(13-3-14-7)1-4(15-6)2-8(10,11)12/h1,3H,2H2. The predicted octanol–water partition coefficient (Wildman–Crippen LogP) is 3.45. The van der Waals surface area contributed by atoms with Crippen molar-refractivity contribution in [3.63, 3.8) is 0 Å². The van der Waals surface area contributed by atoms with E-state index in [1.54, 1.807) is 0 Å². The molecule has 7 heteroatoms. The average molecular weight is 253 g/mol. The van der Waals surface area contributed by atoms with Crippen molar-refractivity contribution in [1.82, 2.24) is 9.97 Å². The lowest BCUT2D eigenvalue weighted by Gasteiger charge is -2.01. The molecule has 0 amide bonds. The Hall–Kier alpha value is -0.880. The smallest absolute Gasteiger partial charge is 0.235 e. The number of halogens is 4. The molecule has 0 radical (unpaired) electrons. The summed E-state index contributed by atoms with van der Waals surface area (Å²) in [5.41, 5.74) is 0.458. The van der Waals surface area contributed by atoms with Crippen LogP contribution < -0.4 is 0 Å². The van der Waals surface area contributed by atoms with Crippen molar-refractivity contribution in [2.75, 3.05) is 0 Å². The van der Waals surface area contributed by atoms with Crippen LogP contribution in [0.3, 0.4) is 0 Å². The molecule has 2 nitrogen and oxygen atoms in total. The highest BCUT2D eigenvalue weighted by molar-refractivity contribution is 7.19. The van der Waals surface area contributed by atoms with Crippen LogP contribution in [0.15, 0.2) is 12.4 Å². The third-order valence-corrected chi connectivity index (χ3v) is 3.22. The molecule has 0 saturated carbocycles. The van der Waals surface area contributed by atoms with Crippen molar-refractivity contribution in [2.24, 2.45) is 0 Å². The lowest BCUT2D eigenvalue weighted by molar-refractivity contribution is -0.126. The van der Waals surface area contributed by atoms with E-state index in [0.29, 0.717) is 10.2 Å². The molecule has 15 heavy (non-hydrogen) atoms. The second-order valence-corrected chi connectivity index (χ2v) is 4.38. The monoisotopic (exact) mass is 252 g/mol. The van der Waals surface area contributed by atoms with E-state index >= 15 is 0 Å². The zero-order valence-corrected chi connectivity index (χ0v) is 8.75. The van der Waals surface area contributed by atoms with E-state index in [1.165, 1.54) is 12.4 Å². The summed E-state index contributed by atoms with van der Waals surface area (Å²) >= 11 is 6.69. The Bertz CT molecular complexity index is 494. The van der Waals surface area contributed by atoms with Gasteiger partial charge in [0.2, 0.25) is 0 Å². The molecule has 0 aliphatic rings. The highest BCUT2D eigenvalue weighted by Gasteiger charge is 2.28. The summed E-state index contributed by atoms with van der Waals surface area (Å²) < 4.78 is 36.8. The third-order valence-electron chi connectivity index (χ3n) is 1.69. The minimum absolute atomic E-state index is 0.193. The van der Waals surface area contributed by atoms with E-state index < -0.39 is 12.6 Å². The van der Waals surface area contributed by atoms with Crippen LogP contribution >= 0.6 is 22.9 Å². The fourth-order valence-electron chi connectivity index (χ4n) is 1.16. The zero-order chi connectivity index (χ0) is 11.1. The topological polar surface area (TPSA) is 25.8 Å². The predicted molar refractivity (Wildman–Crippen MR) is 52.2 cm³/mol. The van der Waals surface area contributed by atoms with E-state index in [0.717, 1.165) is 11.3 Å². The van der Waals surface area contributed by atoms with Crippen LogP contribution in [0.25, 0.3) is 10.2 Å². The maximum atomic E-state index is 12.1. The Balaban J connectivity index is 2.44. The van der Waals surface area contributed by atoms with Crippen LogP contribution in [0.1, 0.15) is 4.88 Å². The highest BCUT2D eigenvalue weighted by Crippen LogP contribution is 2.32. The fraction of sp³-hybridized carbons (Fsp3) is 0.250. The van der Waals surface area contributed by atoms with Gasteiger partial charge < -0.3 is 0 Å². The van der Waals surface area contributed by atoms with Gasteiger partial charge >= 0.3 is 6.18 Å². The van der Waals surface area contributed by atoms with Crippen molar-refractivity contribution < 1.29 is 13.2 Å². The number of rotatable bonds is 1. The van der Waals surface area contributed by atoms with Gasteiger partial charge in [-0.15, -0.1) is 11.3 Å². The van der Waals surface area contributed by atoms with Gasteiger partial charge in [0.05, 0.1) is 16.6 Å². The van der Waals surface area contributed by atoms with Crippen LogP contribution in [-0.2, 0) is 6.42 Å². The summed E-state index contributed by atoms with van der Waals surface area (Å²) in [6.45, 7) is 0. The lowest BCUT2D eigenvalue weighted by Crippen LogP contribution is -2.09. The van der Waals surface area contributed by atoms with Gasteiger partial charge in [0, 0.05) is 4.88 Å². The molecule has 0 aliphatic carbocycles. The van der Waals surface area contributed by atoms with Gasteiger partial charge in [-0.3, -0.25) is 0 Å². The molecular weight excluding hydrogens is 249 g/mol. The van der Waals surface area contributed by atoms with Crippen molar-refractivity contribution in [2.45, 2.75) is 12.6 Å². The molecule has 0 aromatic carbocycles. The Kier molecular flexibility index (Phi) is 2.56. The minimum atomic E-state index is -4.21. The Morgan fingerprint density at radius 2 is 2.07 bits per heavy atom. The molecule has 0 saturated heterocycles. The molecule has 0 aliphatic heterocycles.